The van der Waals surface area contributed by atoms with Gasteiger partial charge < -0.3 is 58.3 Å². The van der Waals surface area contributed by atoms with Gasteiger partial charge in [-0.05, 0) is 68.4 Å². The van der Waals surface area contributed by atoms with Crippen LogP contribution in [0.15, 0.2) is 24.3 Å². The van der Waals surface area contributed by atoms with E-state index < -0.39 is 91.4 Å². The molecule has 0 spiro atoms. The minimum atomic E-state index is -1.13. The van der Waals surface area contributed by atoms with Gasteiger partial charge in [-0.25, -0.2) is 0 Å². The van der Waals surface area contributed by atoms with Crippen molar-refractivity contribution in [1.29, 1.82) is 0 Å². The summed E-state index contributed by atoms with van der Waals surface area (Å²) in [5, 5.41) is 43.2. The normalized spacial score (nSPS) is 50.5. The van der Waals surface area contributed by atoms with E-state index in [1.54, 1.807) is 0 Å². The SMILES string of the molecule is C=C1C[C@@H]2CCC(=O)C[C@H]3O[C@H]4[C@@H](O)[C@H]5OC(CCC5O[C@H]4[C@H]3O)CC(=O)O[C@@H]3[C@@H](C)[C@@H]4OC(CCO)[C@H](O)C[C@@H]4O[C@H]3C[C@H]3O[C@@H](CC[C@@H]1O2)C[C@@H](C)C3=C. The first-order valence-electron chi connectivity index (χ1n) is 21.2. The maximum atomic E-state index is 13.9. The fourth-order valence-corrected chi connectivity index (χ4v) is 10.8. The summed E-state index contributed by atoms with van der Waals surface area (Å²) < 4.78 is 51.3. The third-order valence-electron chi connectivity index (χ3n) is 14.0. The van der Waals surface area contributed by atoms with Gasteiger partial charge in [0.2, 0.25) is 0 Å². The molecule has 3 unspecified atom stereocenters. The van der Waals surface area contributed by atoms with Crippen LogP contribution in [0.3, 0.4) is 0 Å². The highest BCUT2D eigenvalue weighted by molar-refractivity contribution is 5.79. The van der Waals surface area contributed by atoms with E-state index >= 15 is 0 Å². The summed E-state index contributed by atoms with van der Waals surface area (Å²) in [6.45, 7) is 12.7. The fourth-order valence-electron chi connectivity index (χ4n) is 10.8. The van der Waals surface area contributed by atoms with E-state index in [0.29, 0.717) is 38.5 Å². The zero-order valence-corrected chi connectivity index (χ0v) is 32.7. The van der Waals surface area contributed by atoms with E-state index in [1.165, 1.54) is 0 Å². The molecule has 0 aromatic carbocycles. The van der Waals surface area contributed by atoms with Gasteiger partial charge in [-0.3, -0.25) is 9.59 Å². The number of carbonyl (C=O) groups is 2. The lowest BCUT2D eigenvalue weighted by molar-refractivity contribution is -0.275. The molecule has 8 bridgehead atoms. The number of esters is 1. The molecule has 56 heavy (non-hydrogen) atoms. The summed E-state index contributed by atoms with van der Waals surface area (Å²) in [7, 11) is 0. The number of ketones is 1. The second-order valence-electron chi connectivity index (χ2n) is 17.9. The molecule has 0 aromatic heterocycles. The highest BCUT2D eigenvalue weighted by Gasteiger charge is 2.57. The molecule has 14 heteroatoms. The molecule has 8 saturated heterocycles. The van der Waals surface area contributed by atoms with E-state index in [4.69, 9.17) is 37.9 Å². The van der Waals surface area contributed by atoms with Crippen molar-refractivity contribution in [3.8, 4) is 0 Å². The fraction of sp³-hybridized carbons (Fsp3) is 0.857. The van der Waals surface area contributed by atoms with Crippen LogP contribution in [-0.4, -0.2) is 149 Å². The van der Waals surface area contributed by atoms with Gasteiger partial charge in [0.25, 0.3) is 0 Å². The van der Waals surface area contributed by atoms with Crippen LogP contribution < -0.4 is 0 Å². The van der Waals surface area contributed by atoms with E-state index in [0.717, 1.165) is 30.4 Å². The summed E-state index contributed by atoms with van der Waals surface area (Å²) in [5.41, 5.74) is 1.97. The second-order valence-corrected chi connectivity index (χ2v) is 17.9. The van der Waals surface area contributed by atoms with Gasteiger partial charge >= 0.3 is 5.97 Å². The van der Waals surface area contributed by atoms with Crippen molar-refractivity contribution >= 4 is 11.8 Å². The molecule has 8 aliphatic rings. The average Bonchev–Trinajstić information content (AvgIpc) is 3.68. The Bertz CT molecular complexity index is 1460. The van der Waals surface area contributed by atoms with Gasteiger partial charge in [0.1, 0.15) is 42.4 Å². The minimum Gasteiger partial charge on any atom is -0.459 e. The lowest BCUT2D eigenvalue weighted by Crippen LogP contribution is -2.62. The van der Waals surface area contributed by atoms with Crippen molar-refractivity contribution < 1.29 is 67.9 Å². The lowest BCUT2D eigenvalue weighted by Gasteiger charge is -2.51. The molecule has 0 aromatic rings. The smallest absolute Gasteiger partial charge is 0.308 e. The number of carbonyl (C=O) groups excluding carboxylic acids is 2. The predicted octanol–water partition coefficient (Wildman–Crippen LogP) is 2.38. The number of fused-ring (bicyclic) bond motifs is 8. The number of rotatable bonds is 2. The third-order valence-corrected chi connectivity index (χ3v) is 14.0. The van der Waals surface area contributed by atoms with Crippen LogP contribution in [0.5, 0.6) is 0 Å². The first-order valence-corrected chi connectivity index (χ1v) is 21.2. The molecule has 8 aliphatic heterocycles. The van der Waals surface area contributed by atoms with Gasteiger partial charge in [-0.1, -0.05) is 27.0 Å². The third kappa shape index (κ3) is 8.32. The van der Waals surface area contributed by atoms with Crippen molar-refractivity contribution in [3.63, 3.8) is 0 Å². The Kier molecular flexibility index (Phi) is 12.5. The maximum Gasteiger partial charge on any atom is 0.308 e. The predicted molar refractivity (Wildman–Crippen MR) is 197 cm³/mol. The van der Waals surface area contributed by atoms with Crippen molar-refractivity contribution in [2.45, 2.75) is 207 Å². The van der Waals surface area contributed by atoms with E-state index in [1.807, 2.05) is 6.92 Å². The zero-order chi connectivity index (χ0) is 39.4. The van der Waals surface area contributed by atoms with Gasteiger partial charge in [-0.15, -0.1) is 0 Å². The molecule has 8 heterocycles. The van der Waals surface area contributed by atoms with E-state index in [9.17, 15) is 30.0 Å². The number of ether oxygens (including phenoxy) is 8. The Morgan fingerprint density at radius 2 is 1.34 bits per heavy atom. The molecular weight excluding hydrogens is 728 g/mol. The largest absolute Gasteiger partial charge is 0.459 e. The summed E-state index contributed by atoms with van der Waals surface area (Å²) in [4.78, 5) is 27.0. The highest BCUT2D eigenvalue weighted by Crippen LogP contribution is 2.44. The topological polar surface area (TPSA) is 189 Å². The average molecular weight is 791 g/mol. The summed E-state index contributed by atoms with van der Waals surface area (Å²) in [6, 6.07) is 0. The Balaban J connectivity index is 1.03. The number of aliphatic hydroxyl groups excluding tert-OH is 4. The quantitative estimate of drug-likeness (QED) is 0.236. The zero-order valence-electron chi connectivity index (χ0n) is 32.7. The Morgan fingerprint density at radius 3 is 2.14 bits per heavy atom. The number of aliphatic hydroxyl groups is 4. The van der Waals surface area contributed by atoms with E-state index in [2.05, 4.69) is 20.1 Å². The molecule has 4 N–H and O–H groups in total. The van der Waals surface area contributed by atoms with Crippen molar-refractivity contribution in [2.24, 2.45) is 11.8 Å². The Morgan fingerprint density at radius 1 is 0.625 bits per heavy atom. The van der Waals surface area contributed by atoms with Crippen LogP contribution >= 0.6 is 0 Å². The number of hydrogen-bond acceptors (Lipinski definition) is 14. The molecule has 20 atom stereocenters. The van der Waals surface area contributed by atoms with E-state index in [-0.39, 0.29) is 74.3 Å². The summed E-state index contributed by atoms with van der Waals surface area (Å²) in [6.07, 6.45) is -5.21. The van der Waals surface area contributed by atoms with Crippen LogP contribution in [0.25, 0.3) is 0 Å². The standard InChI is InChI=1S/C42H62O14/c1-19-13-25-7-9-28-20(2)14-24(49-28)6-5-23(44)15-32-36(47)41-42(55-32)37(48)40-30(54-41)10-8-26(51-40)16-35(46)56-39-22(4)38-33(17-27(45)29(53-38)11-12-43)52-34(39)18-31(50-25)21(19)3/h19,22,24-34,36-43,45,47-48H,2-3,5-18H2,1,4H3/t19-,22+,24+,25+,26?,27-,28+,29?,30?,31-,32-,33+,34+,36+,37+,38+,39-,40+,41+,42+/m1/s1. The van der Waals surface area contributed by atoms with Crippen LogP contribution in [0.2, 0.25) is 0 Å². The molecule has 314 valence electrons. The first kappa shape index (κ1) is 40.9. The molecule has 0 saturated carbocycles. The highest BCUT2D eigenvalue weighted by atomic mass is 16.6. The van der Waals surface area contributed by atoms with Gasteiger partial charge in [0, 0.05) is 38.2 Å². The molecule has 14 nitrogen and oxygen atoms in total. The van der Waals surface area contributed by atoms with Crippen LogP contribution in [0, 0.1) is 11.8 Å². The maximum absolute atomic E-state index is 13.9. The minimum absolute atomic E-state index is 0.00469. The molecule has 8 rings (SSSR count). The van der Waals surface area contributed by atoms with Crippen molar-refractivity contribution in [1.82, 2.24) is 0 Å². The van der Waals surface area contributed by atoms with Gasteiger partial charge in [0.05, 0.1) is 79.7 Å². The summed E-state index contributed by atoms with van der Waals surface area (Å²) >= 11 is 0. The molecule has 8 fully saturated rings. The van der Waals surface area contributed by atoms with Gasteiger partial charge in [-0.2, -0.15) is 0 Å². The Hall–Kier alpha value is -1.82. The summed E-state index contributed by atoms with van der Waals surface area (Å²) in [5.74, 6) is -0.665. The van der Waals surface area contributed by atoms with Crippen LogP contribution in [0.4, 0.5) is 0 Å². The monoisotopic (exact) mass is 790 g/mol. The Labute approximate surface area is 329 Å². The number of Topliss-reactive ketones (excluding diaryl/α,β-unsaturated/α-hetero) is 1. The molecule has 0 aliphatic carbocycles. The van der Waals surface area contributed by atoms with Crippen LogP contribution in [0.1, 0.15) is 97.3 Å². The lowest BCUT2D eigenvalue weighted by atomic mass is 9.79. The molecule has 0 radical (unpaired) electrons. The molecule has 0 amide bonds. The second kappa shape index (κ2) is 17.0. The van der Waals surface area contributed by atoms with Crippen molar-refractivity contribution in [2.75, 3.05) is 6.61 Å². The van der Waals surface area contributed by atoms with Gasteiger partial charge in [0.15, 0.2) is 0 Å². The van der Waals surface area contributed by atoms with Crippen LogP contribution in [-0.2, 0) is 47.5 Å². The first-order chi connectivity index (χ1) is 26.9. The molecular formula is C42H62O14. The number of hydrogen-bond donors (Lipinski definition) is 4. The van der Waals surface area contributed by atoms with Crippen molar-refractivity contribution in [3.05, 3.63) is 24.3 Å².